The molecule has 3 aromatic heterocycles. The van der Waals surface area contributed by atoms with Crippen LogP contribution in [0.3, 0.4) is 0 Å². The number of aryl methyl sites for hydroxylation is 1. The number of carbonyl (C=O) groups is 1. The van der Waals surface area contributed by atoms with Gasteiger partial charge in [-0.1, -0.05) is 5.16 Å². The predicted octanol–water partition coefficient (Wildman–Crippen LogP) is 1.81. The lowest BCUT2D eigenvalue weighted by molar-refractivity contribution is 0.0910. The lowest BCUT2D eigenvalue weighted by Gasteiger charge is -2.14. The van der Waals surface area contributed by atoms with Crippen LogP contribution in [0.4, 0.5) is 5.82 Å². The fourth-order valence-electron chi connectivity index (χ4n) is 3.67. The number of aromatic nitrogens is 4. The van der Waals surface area contributed by atoms with Crippen molar-refractivity contribution in [2.75, 3.05) is 11.9 Å². The molecule has 10 nitrogen and oxygen atoms in total. The molecule has 2 atom stereocenters. The fourth-order valence-corrected chi connectivity index (χ4v) is 3.67. The molecule has 31 heavy (non-hydrogen) atoms. The van der Waals surface area contributed by atoms with Gasteiger partial charge in [0.25, 0.3) is 11.5 Å². The van der Waals surface area contributed by atoms with E-state index in [1.807, 2.05) is 6.07 Å². The van der Waals surface area contributed by atoms with Crippen LogP contribution in [0.25, 0.3) is 5.69 Å². The third kappa shape index (κ3) is 4.61. The van der Waals surface area contributed by atoms with E-state index in [-0.39, 0.29) is 23.3 Å². The van der Waals surface area contributed by atoms with Crippen molar-refractivity contribution in [1.29, 1.82) is 5.26 Å². The molecule has 0 aliphatic heterocycles. The van der Waals surface area contributed by atoms with Gasteiger partial charge in [-0.15, -0.1) is 0 Å². The largest absolute Gasteiger partial charge is 0.367 e. The van der Waals surface area contributed by atoms with Crippen molar-refractivity contribution in [2.24, 2.45) is 5.92 Å². The number of nitriles is 1. The third-order valence-corrected chi connectivity index (χ3v) is 5.26. The van der Waals surface area contributed by atoms with E-state index >= 15 is 0 Å². The molecule has 1 saturated carbocycles. The van der Waals surface area contributed by atoms with Crippen molar-refractivity contribution in [1.82, 2.24) is 25.2 Å². The average Bonchev–Trinajstić information content (AvgIpc) is 3.42. The highest BCUT2D eigenvalue weighted by Crippen LogP contribution is 2.27. The van der Waals surface area contributed by atoms with Crippen LogP contribution in [-0.2, 0) is 0 Å². The molecule has 0 radical (unpaired) electrons. The van der Waals surface area contributed by atoms with Crippen LogP contribution < -0.4 is 16.2 Å². The minimum Gasteiger partial charge on any atom is -0.367 e. The minimum absolute atomic E-state index is 0.0275. The van der Waals surface area contributed by atoms with E-state index in [4.69, 9.17) is 9.78 Å². The van der Waals surface area contributed by atoms with Crippen molar-refractivity contribution in [3.8, 4) is 11.8 Å². The summed E-state index contributed by atoms with van der Waals surface area (Å²) in [5.41, 5.74) is 0.711. The number of carbonyl (C=O) groups excluding carboxylic acids is 1. The highest BCUT2D eigenvalue weighted by molar-refractivity contribution is 5.91. The molecule has 0 unspecified atom stereocenters. The third-order valence-electron chi connectivity index (χ3n) is 5.26. The molecule has 0 bridgehead atoms. The first-order chi connectivity index (χ1) is 15.0. The number of amides is 1. The highest BCUT2D eigenvalue weighted by atomic mass is 16.5. The van der Waals surface area contributed by atoms with E-state index < -0.39 is 5.56 Å². The van der Waals surface area contributed by atoms with Gasteiger partial charge in [0.2, 0.25) is 5.76 Å². The monoisotopic (exact) mass is 419 g/mol. The Bertz CT molecular complexity index is 1180. The Morgan fingerprint density at radius 1 is 1.35 bits per heavy atom. The Hall–Kier alpha value is -4.00. The number of nitrogens with zero attached hydrogens (tertiary/aromatic N) is 5. The predicted molar refractivity (Wildman–Crippen MR) is 111 cm³/mol. The molecule has 1 amide bonds. The lowest BCUT2D eigenvalue weighted by atomic mass is 10.1. The Labute approximate surface area is 177 Å². The topological polar surface area (TPSA) is 139 Å². The quantitative estimate of drug-likeness (QED) is 0.617. The van der Waals surface area contributed by atoms with Crippen LogP contribution in [0, 0.1) is 24.2 Å². The summed E-state index contributed by atoms with van der Waals surface area (Å²) in [6, 6.07) is 8.61. The maximum atomic E-state index is 12.2. The number of hydrogen-bond acceptors (Lipinski definition) is 8. The van der Waals surface area contributed by atoms with Crippen molar-refractivity contribution >= 4 is 11.7 Å². The molecule has 10 heteroatoms. The van der Waals surface area contributed by atoms with Gasteiger partial charge in [-0.3, -0.25) is 9.59 Å². The van der Waals surface area contributed by atoms with Crippen molar-refractivity contribution in [3.05, 3.63) is 64.0 Å². The Morgan fingerprint density at radius 3 is 2.94 bits per heavy atom. The molecule has 3 aromatic rings. The van der Waals surface area contributed by atoms with Crippen molar-refractivity contribution in [2.45, 2.75) is 32.2 Å². The molecule has 1 aliphatic rings. The SMILES string of the molecule is Cc1cc(C(=O)NC[C@@H]2CC[C@H](Nc3ccc(-n4nccc(C#N)c4=O)cn3)C2)on1. The second kappa shape index (κ2) is 8.79. The van der Waals surface area contributed by atoms with Crippen LogP contribution in [0.2, 0.25) is 0 Å². The number of anilines is 1. The van der Waals surface area contributed by atoms with Gasteiger partial charge >= 0.3 is 0 Å². The highest BCUT2D eigenvalue weighted by Gasteiger charge is 2.25. The van der Waals surface area contributed by atoms with E-state index in [9.17, 15) is 9.59 Å². The fraction of sp³-hybridized carbons (Fsp3) is 0.333. The molecule has 3 heterocycles. The first kappa shape index (κ1) is 20.3. The van der Waals surface area contributed by atoms with Crippen LogP contribution in [0.1, 0.15) is 41.1 Å². The molecule has 1 aliphatic carbocycles. The van der Waals surface area contributed by atoms with E-state index in [0.29, 0.717) is 29.7 Å². The summed E-state index contributed by atoms with van der Waals surface area (Å²) in [6.07, 6.45) is 5.82. The number of rotatable bonds is 6. The molecule has 2 N–H and O–H groups in total. The average molecular weight is 419 g/mol. The van der Waals surface area contributed by atoms with Crippen molar-refractivity contribution in [3.63, 3.8) is 0 Å². The summed E-state index contributed by atoms with van der Waals surface area (Å²) in [6.45, 7) is 2.35. The summed E-state index contributed by atoms with van der Waals surface area (Å²) >= 11 is 0. The maximum Gasteiger partial charge on any atom is 0.289 e. The molecule has 158 valence electrons. The van der Waals surface area contributed by atoms with Gasteiger partial charge in [-0.2, -0.15) is 15.0 Å². The second-order valence-electron chi connectivity index (χ2n) is 7.54. The summed E-state index contributed by atoms with van der Waals surface area (Å²) < 4.78 is 6.13. The molecular formula is C21H21N7O3. The first-order valence-electron chi connectivity index (χ1n) is 9.96. The number of hydrogen-bond donors (Lipinski definition) is 2. The smallest absolute Gasteiger partial charge is 0.289 e. The van der Waals surface area contributed by atoms with Crippen LogP contribution in [0.5, 0.6) is 0 Å². The maximum absolute atomic E-state index is 12.2. The second-order valence-corrected chi connectivity index (χ2v) is 7.54. The van der Waals surface area contributed by atoms with Gasteiger partial charge < -0.3 is 15.2 Å². The molecule has 4 rings (SSSR count). The van der Waals surface area contributed by atoms with Gasteiger partial charge in [0.1, 0.15) is 17.5 Å². The number of nitrogens with one attached hydrogen (secondary N) is 2. The summed E-state index contributed by atoms with van der Waals surface area (Å²) in [5.74, 6) is 1.03. The van der Waals surface area contributed by atoms with E-state index in [0.717, 1.165) is 23.9 Å². The van der Waals surface area contributed by atoms with Crippen LogP contribution in [0.15, 0.2) is 46.0 Å². The zero-order valence-electron chi connectivity index (χ0n) is 16.9. The number of pyridine rings is 1. The Morgan fingerprint density at radius 2 is 2.23 bits per heavy atom. The standard InChI is InChI=1S/C21H21N7O3/c1-13-8-18(31-27-13)20(29)24-11-14-2-3-16(9-14)26-19-5-4-17(12-23-19)28-21(30)15(10-22)6-7-25-28/h4-8,12,14,16H,2-3,9,11H2,1H3,(H,23,26)(H,24,29)/t14-,16+/m1/s1. The molecule has 1 fully saturated rings. The van der Waals surface area contributed by atoms with Crippen LogP contribution in [-0.4, -0.2) is 38.4 Å². The first-order valence-corrected chi connectivity index (χ1v) is 9.96. The van der Waals surface area contributed by atoms with E-state index in [1.165, 1.54) is 12.3 Å². The van der Waals surface area contributed by atoms with Gasteiger partial charge in [0, 0.05) is 24.8 Å². The zero-order valence-corrected chi connectivity index (χ0v) is 16.9. The zero-order chi connectivity index (χ0) is 21.8. The van der Waals surface area contributed by atoms with E-state index in [2.05, 4.69) is 25.9 Å². The minimum atomic E-state index is -0.478. The summed E-state index contributed by atoms with van der Waals surface area (Å²) in [4.78, 5) is 28.7. The Balaban J connectivity index is 1.31. The summed E-state index contributed by atoms with van der Waals surface area (Å²) in [7, 11) is 0. The molecular weight excluding hydrogens is 398 g/mol. The van der Waals surface area contributed by atoms with E-state index in [1.54, 1.807) is 31.3 Å². The van der Waals surface area contributed by atoms with Gasteiger partial charge in [0.15, 0.2) is 0 Å². The molecule has 0 spiro atoms. The van der Waals surface area contributed by atoms with Gasteiger partial charge in [-0.05, 0) is 50.3 Å². The normalized spacial score (nSPS) is 17.8. The summed E-state index contributed by atoms with van der Waals surface area (Å²) in [5, 5.41) is 23.0. The van der Waals surface area contributed by atoms with Gasteiger partial charge in [-0.25, -0.2) is 4.98 Å². The van der Waals surface area contributed by atoms with Crippen molar-refractivity contribution < 1.29 is 9.32 Å². The van der Waals surface area contributed by atoms with Crippen LogP contribution >= 0.6 is 0 Å². The van der Waals surface area contributed by atoms with Gasteiger partial charge in [0.05, 0.1) is 17.6 Å². The molecule has 0 saturated heterocycles. The lowest BCUT2D eigenvalue weighted by Crippen LogP contribution is -2.28. The molecule has 0 aromatic carbocycles. The Kier molecular flexibility index (Phi) is 5.75.